The Morgan fingerprint density at radius 1 is 1.31 bits per heavy atom. The maximum absolute atomic E-state index is 10.5. The molecule has 0 amide bonds. The van der Waals surface area contributed by atoms with Crippen LogP contribution in [0.25, 0.3) is 11.3 Å². The van der Waals surface area contributed by atoms with E-state index in [-0.39, 0.29) is 0 Å². The zero-order valence-electron chi connectivity index (χ0n) is 8.11. The molecule has 5 nitrogen and oxygen atoms in total. The number of aromatic nitrogens is 2. The van der Waals surface area contributed by atoms with Crippen molar-refractivity contribution in [1.29, 1.82) is 0 Å². The molecule has 0 saturated heterocycles. The Balaban J connectivity index is 2.24. The third-order valence-corrected chi connectivity index (χ3v) is 3.11. The normalized spacial score (nSPS) is 11.6. The van der Waals surface area contributed by atoms with Gasteiger partial charge in [0.25, 0.3) is 0 Å². The van der Waals surface area contributed by atoms with Gasteiger partial charge in [-0.05, 0) is 17.6 Å². The molecule has 0 fully saturated rings. The van der Waals surface area contributed by atoms with Crippen LogP contribution in [0.15, 0.2) is 36.0 Å². The molecule has 0 bridgehead atoms. The van der Waals surface area contributed by atoms with Crippen LogP contribution in [0.2, 0.25) is 0 Å². The van der Waals surface area contributed by atoms with Gasteiger partial charge in [0.1, 0.15) is 0 Å². The lowest BCUT2D eigenvalue weighted by Crippen LogP contribution is -2.36. The Hall–Kier alpha value is -1.31. The molecule has 0 radical (unpaired) electrons. The molecule has 2 aromatic heterocycles. The van der Waals surface area contributed by atoms with Gasteiger partial charge in [0.15, 0.2) is 22.5 Å². The summed E-state index contributed by atoms with van der Waals surface area (Å²) in [7, 11) is -4.24. The molecule has 0 saturated carbocycles. The van der Waals surface area contributed by atoms with Crippen LogP contribution < -0.4 is 4.57 Å². The highest BCUT2D eigenvalue weighted by Gasteiger charge is 2.07. The minimum atomic E-state index is -4.24. The van der Waals surface area contributed by atoms with Gasteiger partial charge in [0.05, 0.1) is 5.69 Å². The van der Waals surface area contributed by atoms with Crippen molar-refractivity contribution in [2.75, 3.05) is 0 Å². The molecule has 0 N–H and O–H groups in total. The maximum atomic E-state index is 10.5. The first kappa shape index (κ1) is 11.2. The van der Waals surface area contributed by atoms with E-state index in [2.05, 4.69) is 4.37 Å². The van der Waals surface area contributed by atoms with Gasteiger partial charge in [-0.1, -0.05) is 0 Å². The number of hydrogen-bond donors (Lipinski definition) is 0. The van der Waals surface area contributed by atoms with Crippen molar-refractivity contribution < 1.29 is 17.5 Å². The topological polar surface area (TPSA) is 74.0 Å². The summed E-state index contributed by atoms with van der Waals surface area (Å²) in [6.45, 7) is 0. The second-order valence-electron chi connectivity index (χ2n) is 3.17. The fraction of sp³-hybridized carbons (Fsp3) is 0.111. The molecule has 2 rings (SSSR count). The molecule has 7 heteroatoms. The van der Waals surface area contributed by atoms with Crippen LogP contribution in [-0.2, 0) is 16.0 Å². The van der Waals surface area contributed by atoms with E-state index in [4.69, 9.17) is 0 Å². The van der Waals surface area contributed by atoms with Crippen molar-refractivity contribution in [3.05, 3.63) is 36.0 Å². The van der Waals surface area contributed by atoms with Gasteiger partial charge >= 0.3 is 0 Å². The number of rotatable bonds is 3. The number of nitrogens with zero attached hydrogens (tertiary/aromatic N) is 2. The lowest BCUT2D eigenvalue weighted by molar-refractivity contribution is -0.678. The lowest BCUT2D eigenvalue weighted by atomic mass is 10.2. The quantitative estimate of drug-likeness (QED) is 0.595. The summed E-state index contributed by atoms with van der Waals surface area (Å²) in [5, 5.41) is 1.86. The Labute approximate surface area is 96.9 Å². The summed E-state index contributed by atoms with van der Waals surface area (Å²) in [5.74, 6) is -0.551. The highest BCUT2D eigenvalue weighted by atomic mass is 32.2. The number of hydrogen-bond acceptors (Lipinski definition) is 5. The van der Waals surface area contributed by atoms with Crippen LogP contribution in [0.4, 0.5) is 0 Å². The van der Waals surface area contributed by atoms with Crippen LogP contribution >= 0.6 is 11.5 Å². The molecular formula is C9H8N2O3S2. The Bertz CT molecular complexity index is 561. The Kier molecular flexibility index (Phi) is 2.99. The van der Waals surface area contributed by atoms with Gasteiger partial charge < -0.3 is 4.55 Å². The molecule has 0 aliphatic rings. The van der Waals surface area contributed by atoms with E-state index in [1.54, 1.807) is 24.5 Å². The highest BCUT2D eigenvalue weighted by Crippen LogP contribution is 2.16. The fourth-order valence-electron chi connectivity index (χ4n) is 1.26. The van der Waals surface area contributed by atoms with Crippen molar-refractivity contribution >= 4 is 21.7 Å². The van der Waals surface area contributed by atoms with Crippen molar-refractivity contribution in [3.63, 3.8) is 0 Å². The summed E-state index contributed by atoms with van der Waals surface area (Å²) < 4.78 is 37.0. The zero-order valence-corrected chi connectivity index (χ0v) is 9.74. The number of pyridine rings is 1. The van der Waals surface area contributed by atoms with Gasteiger partial charge in [0.2, 0.25) is 5.88 Å². The van der Waals surface area contributed by atoms with Crippen LogP contribution in [0.1, 0.15) is 0 Å². The van der Waals surface area contributed by atoms with Gasteiger partial charge in [-0.25, -0.2) is 8.42 Å². The highest BCUT2D eigenvalue weighted by molar-refractivity contribution is 7.84. The average molecular weight is 256 g/mol. The average Bonchev–Trinajstić information content (AvgIpc) is 2.69. The van der Waals surface area contributed by atoms with E-state index in [0.717, 1.165) is 11.3 Å². The maximum Gasteiger partial charge on any atom is 0.236 e. The van der Waals surface area contributed by atoms with Crippen molar-refractivity contribution in [2.45, 2.75) is 5.88 Å². The van der Waals surface area contributed by atoms with Crippen LogP contribution in [0, 0.1) is 0 Å². The van der Waals surface area contributed by atoms with E-state index < -0.39 is 16.0 Å². The van der Waals surface area contributed by atoms with Gasteiger partial charge in [-0.15, -0.1) is 0 Å². The molecule has 16 heavy (non-hydrogen) atoms. The molecule has 0 aliphatic heterocycles. The molecule has 0 aromatic carbocycles. The predicted molar refractivity (Wildman–Crippen MR) is 57.4 cm³/mol. The summed E-state index contributed by atoms with van der Waals surface area (Å²) in [4.78, 5) is 0. The molecule has 0 atom stereocenters. The van der Waals surface area contributed by atoms with E-state index in [0.29, 0.717) is 0 Å². The molecular weight excluding hydrogens is 248 g/mol. The predicted octanol–water partition coefficient (Wildman–Crippen LogP) is 0.600. The zero-order chi connectivity index (χ0) is 11.6. The smallest absolute Gasteiger partial charge is 0.236 e. The molecule has 2 aromatic rings. The van der Waals surface area contributed by atoms with Crippen LogP contribution in [0.5, 0.6) is 0 Å². The molecule has 0 aliphatic carbocycles. The minimum absolute atomic E-state index is 0.551. The molecule has 0 unspecified atom stereocenters. The van der Waals surface area contributed by atoms with Crippen molar-refractivity contribution in [1.82, 2.24) is 4.37 Å². The summed E-state index contributed by atoms with van der Waals surface area (Å²) in [6, 6.07) is 5.31. The van der Waals surface area contributed by atoms with E-state index >= 15 is 0 Å². The Morgan fingerprint density at radius 2 is 2.00 bits per heavy atom. The van der Waals surface area contributed by atoms with Gasteiger partial charge in [0, 0.05) is 23.1 Å². The van der Waals surface area contributed by atoms with Crippen molar-refractivity contribution in [2.24, 2.45) is 0 Å². The third-order valence-electron chi connectivity index (χ3n) is 1.93. The van der Waals surface area contributed by atoms with Crippen LogP contribution in [0.3, 0.4) is 0 Å². The molecule has 84 valence electrons. The largest absolute Gasteiger partial charge is 0.743 e. The van der Waals surface area contributed by atoms with E-state index in [1.807, 2.05) is 11.4 Å². The van der Waals surface area contributed by atoms with Crippen LogP contribution in [-0.4, -0.2) is 17.3 Å². The fourth-order valence-corrected chi connectivity index (χ4v) is 2.33. The monoisotopic (exact) mass is 256 g/mol. The second-order valence-corrected chi connectivity index (χ2v) is 5.21. The summed E-state index contributed by atoms with van der Waals surface area (Å²) in [5.41, 5.74) is 1.72. The second kappa shape index (κ2) is 4.28. The standard InChI is InChI=1S/C9H8N2O3S2/c12-16(13,14)7-11-4-1-8(2-5-11)9-3-6-15-10-9/h1-6H,7H2. The van der Waals surface area contributed by atoms with Crippen molar-refractivity contribution in [3.8, 4) is 11.3 Å². The Morgan fingerprint density at radius 3 is 2.50 bits per heavy atom. The molecule has 0 spiro atoms. The SMILES string of the molecule is O=S(=O)([O-])C[n+]1ccc(-c2ccsn2)cc1. The summed E-state index contributed by atoms with van der Waals surface area (Å²) in [6.07, 6.45) is 3.09. The summed E-state index contributed by atoms with van der Waals surface area (Å²) >= 11 is 1.35. The van der Waals surface area contributed by atoms with Gasteiger partial charge in [-0.2, -0.15) is 8.94 Å². The first-order chi connectivity index (χ1) is 7.54. The lowest BCUT2D eigenvalue weighted by Gasteiger charge is -2.02. The van der Waals surface area contributed by atoms with Gasteiger partial charge in [-0.3, -0.25) is 0 Å². The van der Waals surface area contributed by atoms with E-state index in [1.165, 1.54) is 16.1 Å². The first-order valence-corrected chi connectivity index (χ1v) is 6.79. The van der Waals surface area contributed by atoms with E-state index in [9.17, 15) is 13.0 Å². The first-order valence-electron chi connectivity index (χ1n) is 4.38. The minimum Gasteiger partial charge on any atom is -0.743 e. The molecule has 2 heterocycles. The third kappa shape index (κ3) is 2.84.